The van der Waals surface area contributed by atoms with Crippen LogP contribution in [0.15, 0.2) is 36.7 Å². The van der Waals surface area contributed by atoms with Crippen LogP contribution in [0.5, 0.6) is 0 Å². The van der Waals surface area contributed by atoms with Crippen LogP contribution in [0.2, 0.25) is 0 Å². The molecular formula is C13H14N2O2. The molecule has 1 aromatic heterocycles. The summed E-state index contributed by atoms with van der Waals surface area (Å²) in [5.74, 6) is 0.106. The summed E-state index contributed by atoms with van der Waals surface area (Å²) < 4.78 is 2.07. The summed E-state index contributed by atoms with van der Waals surface area (Å²) in [5, 5.41) is 8.78. The number of aromatic carboxylic acids is 1. The Hall–Kier alpha value is -2.10. The fourth-order valence-electron chi connectivity index (χ4n) is 1.70. The van der Waals surface area contributed by atoms with Gasteiger partial charge >= 0.3 is 5.97 Å². The normalized spacial score (nSPS) is 10.4. The second-order valence-electron chi connectivity index (χ2n) is 3.92. The standard InChI is InChI=1S/C13H14N2O2/c1-10-14-7-9-15(10)8-6-11-2-4-12(5-3-11)13(16)17/h2-5,7,9H,6,8H2,1H3,(H,16,17). The predicted molar refractivity (Wildman–Crippen MR) is 64.1 cm³/mol. The molecule has 17 heavy (non-hydrogen) atoms. The largest absolute Gasteiger partial charge is 0.478 e. The minimum absolute atomic E-state index is 0.326. The Morgan fingerprint density at radius 2 is 2.06 bits per heavy atom. The number of benzene rings is 1. The SMILES string of the molecule is Cc1nccn1CCc1ccc(C(=O)O)cc1. The Morgan fingerprint density at radius 3 is 2.59 bits per heavy atom. The lowest BCUT2D eigenvalue weighted by Crippen LogP contribution is -2.03. The molecule has 2 aromatic rings. The summed E-state index contributed by atoms with van der Waals surface area (Å²) in [4.78, 5) is 14.8. The predicted octanol–water partition coefficient (Wildman–Crippen LogP) is 2.13. The number of carboxylic acid groups (broad SMARTS) is 1. The molecule has 0 spiro atoms. The van der Waals surface area contributed by atoms with Gasteiger partial charge in [-0.05, 0) is 31.0 Å². The second-order valence-corrected chi connectivity index (χ2v) is 3.92. The van der Waals surface area contributed by atoms with Crippen molar-refractivity contribution in [3.05, 3.63) is 53.6 Å². The Balaban J connectivity index is 2.00. The molecule has 1 heterocycles. The summed E-state index contributed by atoms with van der Waals surface area (Å²) >= 11 is 0. The highest BCUT2D eigenvalue weighted by Crippen LogP contribution is 2.07. The number of imidazole rings is 1. The van der Waals surface area contributed by atoms with Crippen LogP contribution < -0.4 is 0 Å². The molecule has 0 aliphatic heterocycles. The van der Waals surface area contributed by atoms with Crippen molar-refractivity contribution in [1.29, 1.82) is 0 Å². The molecule has 0 radical (unpaired) electrons. The van der Waals surface area contributed by atoms with E-state index in [1.165, 1.54) is 0 Å². The molecule has 0 aliphatic rings. The fraction of sp³-hybridized carbons (Fsp3) is 0.231. The van der Waals surface area contributed by atoms with Gasteiger partial charge in [0.2, 0.25) is 0 Å². The third-order valence-electron chi connectivity index (χ3n) is 2.77. The van der Waals surface area contributed by atoms with Gasteiger partial charge in [0.25, 0.3) is 0 Å². The van der Waals surface area contributed by atoms with E-state index in [1.54, 1.807) is 18.3 Å². The van der Waals surface area contributed by atoms with Gasteiger partial charge < -0.3 is 9.67 Å². The van der Waals surface area contributed by atoms with Crippen LogP contribution in [0.25, 0.3) is 0 Å². The van der Waals surface area contributed by atoms with E-state index in [2.05, 4.69) is 9.55 Å². The lowest BCUT2D eigenvalue weighted by atomic mass is 10.1. The van der Waals surface area contributed by atoms with E-state index >= 15 is 0 Å². The number of aromatic nitrogens is 2. The van der Waals surface area contributed by atoms with Gasteiger partial charge in [-0.25, -0.2) is 9.78 Å². The van der Waals surface area contributed by atoms with Crippen molar-refractivity contribution in [1.82, 2.24) is 9.55 Å². The molecule has 0 fully saturated rings. The molecule has 0 unspecified atom stereocenters. The van der Waals surface area contributed by atoms with E-state index in [-0.39, 0.29) is 0 Å². The van der Waals surface area contributed by atoms with Crippen LogP contribution in [0, 0.1) is 6.92 Å². The van der Waals surface area contributed by atoms with Crippen molar-refractivity contribution in [3.63, 3.8) is 0 Å². The molecule has 0 saturated carbocycles. The summed E-state index contributed by atoms with van der Waals surface area (Å²) in [7, 11) is 0. The van der Waals surface area contributed by atoms with Gasteiger partial charge in [0, 0.05) is 18.9 Å². The van der Waals surface area contributed by atoms with Crippen LogP contribution in [0.1, 0.15) is 21.7 Å². The molecule has 0 aliphatic carbocycles. The third kappa shape index (κ3) is 2.72. The maximum Gasteiger partial charge on any atom is 0.335 e. The van der Waals surface area contributed by atoms with Gasteiger partial charge in [0.05, 0.1) is 5.56 Å². The summed E-state index contributed by atoms with van der Waals surface area (Å²) in [5.41, 5.74) is 1.45. The topological polar surface area (TPSA) is 55.1 Å². The minimum atomic E-state index is -0.887. The summed E-state index contributed by atoms with van der Waals surface area (Å²) in [6.45, 7) is 2.83. The van der Waals surface area contributed by atoms with Crippen molar-refractivity contribution in [2.45, 2.75) is 19.9 Å². The maximum absolute atomic E-state index is 10.7. The number of carboxylic acids is 1. The van der Waals surface area contributed by atoms with E-state index < -0.39 is 5.97 Å². The van der Waals surface area contributed by atoms with Crippen molar-refractivity contribution < 1.29 is 9.90 Å². The number of hydrogen-bond acceptors (Lipinski definition) is 2. The highest BCUT2D eigenvalue weighted by Gasteiger charge is 2.02. The average molecular weight is 230 g/mol. The molecule has 0 saturated heterocycles. The van der Waals surface area contributed by atoms with Crippen LogP contribution in [0.4, 0.5) is 0 Å². The maximum atomic E-state index is 10.7. The van der Waals surface area contributed by atoms with Crippen molar-refractivity contribution in [3.8, 4) is 0 Å². The first kappa shape index (κ1) is 11.4. The van der Waals surface area contributed by atoms with Crippen molar-refractivity contribution >= 4 is 5.97 Å². The van der Waals surface area contributed by atoms with E-state index in [0.29, 0.717) is 5.56 Å². The number of hydrogen-bond donors (Lipinski definition) is 1. The zero-order valence-corrected chi connectivity index (χ0v) is 9.63. The van der Waals surface area contributed by atoms with E-state index in [0.717, 1.165) is 24.4 Å². The molecule has 1 N–H and O–H groups in total. The number of carbonyl (C=O) groups is 1. The first-order valence-corrected chi connectivity index (χ1v) is 5.47. The number of aryl methyl sites for hydroxylation is 3. The van der Waals surface area contributed by atoms with E-state index in [4.69, 9.17) is 5.11 Å². The Bertz CT molecular complexity index is 514. The highest BCUT2D eigenvalue weighted by atomic mass is 16.4. The first-order chi connectivity index (χ1) is 8.16. The Kier molecular flexibility index (Phi) is 3.23. The average Bonchev–Trinajstić information content (AvgIpc) is 2.73. The van der Waals surface area contributed by atoms with Crippen LogP contribution in [-0.4, -0.2) is 20.6 Å². The highest BCUT2D eigenvalue weighted by molar-refractivity contribution is 5.87. The zero-order valence-electron chi connectivity index (χ0n) is 9.63. The van der Waals surface area contributed by atoms with Gasteiger partial charge in [0.15, 0.2) is 0 Å². The zero-order chi connectivity index (χ0) is 12.3. The molecule has 88 valence electrons. The third-order valence-corrected chi connectivity index (χ3v) is 2.77. The smallest absolute Gasteiger partial charge is 0.335 e. The molecule has 2 rings (SSSR count). The monoisotopic (exact) mass is 230 g/mol. The van der Waals surface area contributed by atoms with Crippen molar-refractivity contribution in [2.24, 2.45) is 0 Å². The van der Waals surface area contributed by atoms with Gasteiger partial charge in [-0.3, -0.25) is 0 Å². The molecule has 0 atom stereocenters. The Labute approximate surface area is 99.5 Å². The molecule has 1 aromatic carbocycles. The van der Waals surface area contributed by atoms with E-state index in [1.807, 2.05) is 25.3 Å². The van der Waals surface area contributed by atoms with Crippen LogP contribution >= 0.6 is 0 Å². The lowest BCUT2D eigenvalue weighted by molar-refractivity contribution is 0.0697. The van der Waals surface area contributed by atoms with Gasteiger partial charge in [-0.1, -0.05) is 12.1 Å². The van der Waals surface area contributed by atoms with Gasteiger partial charge in [-0.15, -0.1) is 0 Å². The minimum Gasteiger partial charge on any atom is -0.478 e. The molecule has 4 nitrogen and oxygen atoms in total. The summed E-state index contributed by atoms with van der Waals surface area (Å²) in [6.07, 6.45) is 4.60. The second kappa shape index (κ2) is 4.82. The lowest BCUT2D eigenvalue weighted by Gasteiger charge is -2.05. The molecule has 0 amide bonds. The first-order valence-electron chi connectivity index (χ1n) is 5.47. The number of rotatable bonds is 4. The molecule has 0 bridgehead atoms. The Morgan fingerprint density at radius 1 is 1.35 bits per heavy atom. The van der Waals surface area contributed by atoms with E-state index in [9.17, 15) is 4.79 Å². The van der Waals surface area contributed by atoms with Gasteiger partial charge in [-0.2, -0.15) is 0 Å². The van der Waals surface area contributed by atoms with Crippen LogP contribution in [-0.2, 0) is 13.0 Å². The molecule has 4 heteroatoms. The molecular weight excluding hydrogens is 216 g/mol. The quantitative estimate of drug-likeness (QED) is 0.875. The van der Waals surface area contributed by atoms with Gasteiger partial charge in [0.1, 0.15) is 5.82 Å². The summed E-state index contributed by atoms with van der Waals surface area (Å²) in [6, 6.07) is 6.99. The van der Waals surface area contributed by atoms with Crippen molar-refractivity contribution in [2.75, 3.05) is 0 Å². The van der Waals surface area contributed by atoms with Crippen LogP contribution in [0.3, 0.4) is 0 Å². The fourth-order valence-corrected chi connectivity index (χ4v) is 1.70. The number of nitrogens with zero attached hydrogens (tertiary/aromatic N) is 2.